The van der Waals surface area contributed by atoms with Crippen molar-refractivity contribution in [2.75, 3.05) is 26.4 Å². The summed E-state index contributed by atoms with van der Waals surface area (Å²) in [6.45, 7) is 1.43. The first-order valence-electron chi connectivity index (χ1n) is 9.49. The van der Waals surface area contributed by atoms with E-state index >= 15 is 0 Å². The molecule has 0 radical (unpaired) electrons. The summed E-state index contributed by atoms with van der Waals surface area (Å²) in [5, 5.41) is 0. The number of likely N-dealkylation sites (tertiary alicyclic amines) is 1. The van der Waals surface area contributed by atoms with E-state index < -0.39 is 10.0 Å². The molecule has 5 rings (SSSR count). The molecule has 6 heteroatoms. The molecule has 4 saturated carbocycles. The molecular formula is C18H30N2O3S. The Morgan fingerprint density at radius 2 is 1.46 bits per heavy atom. The van der Waals surface area contributed by atoms with Crippen molar-refractivity contribution in [1.82, 2.24) is 9.21 Å². The quantitative estimate of drug-likeness (QED) is 0.780. The number of piperidine rings is 1. The fourth-order valence-electron chi connectivity index (χ4n) is 6.41. The molecule has 1 aliphatic heterocycles. The molecule has 0 aromatic heterocycles. The predicted octanol–water partition coefficient (Wildman–Crippen LogP) is 2.09. The van der Waals surface area contributed by atoms with Crippen molar-refractivity contribution in [2.24, 2.45) is 23.2 Å². The van der Waals surface area contributed by atoms with Crippen LogP contribution in [0.4, 0.5) is 0 Å². The van der Waals surface area contributed by atoms with Crippen molar-refractivity contribution in [2.45, 2.75) is 57.4 Å². The summed E-state index contributed by atoms with van der Waals surface area (Å²) in [5.74, 6) is 2.75. The van der Waals surface area contributed by atoms with Gasteiger partial charge in [0.15, 0.2) is 0 Å². The van der Waals surface area contributed by atoms with Gasteiger partial charge in [0.05, 0.1) is 11.7 Å². The van der Waals surface area contributed by atoms with E-state index in [-0.39, 0.29) is 11.5 Å². The molecule has 24 heavy (non-hydrogen) atoms. The van der Waals surface area contributed by atoms with E-state index in [9.17, 15) is 13.2 Å². The first-order chi connectivity index (χ1) is 11.3. The zero-order valence-corrected chi connectivity index (χ0v) is 15.7. The number of rotatable bonds is 3. The molecule has 1 heterocycles. The molecule has 0 N–H and O–H groups in total. The van der Waals surface area contributed by atoms with Crippen LogP contribution in [0.3, 0.4) is 0 Å². The van der Waals surface area contributed by atoms with Crippen LogP contribution < -0.4 is 0 Å². The second-order valence-corrected chi connectivity index (χ2v) is 11.0. The summed E-state index contributed by atoms with van der Waals surface area (Å²) in [6, 6.07) is 0.0420. The van der Waals surface area contributed by atoms with Crippen molar-refractivity contribution in [3.8, 4) is 0 Å². The number of hydrogen-bond donors (Lipinski definition) is 0. The molecule has 0 spiro atoms. The summed E-state index contributed by atoms with van der Waals surface area (Å²) in [4.78, 5) is 15.4. The second-order valence-electron chi connectivity index (χ2n) is 9.00. The number of nitrogens with zero attached hydrogens (tertiary/aromatic N) is 2. The number of hydrogen-bond acceptors (Lipinski definition) is 3. The topological polar surface area (TPSA) is 57.7 Å². The molecule has 5 fully saturated rings. The largest absolute Gasteiger partial charge is 0.342 e. The standard InChI is InChI=1S/C18H30N2O3S/c1-19(24(2,22)23)16-3-5-20(6-4-16)17(21)18-10-13-7-14(11-18)9-15(8-13)12-18/h13-16H,3-12H2,1-2H3. The summed E-state index contributed by atoms with van der Waals surface area (Å²) < 4.78 is 24.9. The van der Waals surface area contributed by atoms with Crippen LogP contribution in [-0.4, -0.2) is 56.0 Å². The third kappa shape index (κ3) is 2.79. The number of carbonyl (C=O) groups excluding carboxylic acids is 1. The van der Waals surface area contributed by atoms with Crippen LogP contribution in [0.1, 0.15) is 51.4 Å². The van der Waals surface area contributed by atoms with Crippen molar-refractivity contribution in [1.29, 1.82) is 0 Å². The van der Waals surface area contributed by atoms with Gasteiger partial charge in [-0.05, 0) is 69.1 Å². The maximum absolute atomic E-state index is 13.3. The molecule has 5 nitrogen and oxygen atoms in total. The van der Waals surface area contributed by atoms with E-state index in [0.29, 0.717) is 19.0 Å². The number of sulfonamides is 1. The van der Waals surface area contributed by atoms with Gasteiger partial charge in [-0.25, -0.2) is 12.7 Å². The molecule has 1 saturated heterocycles. The van der Waals surface area contributed by atoms with E-state index in [1.54, 1.807) is 7.05 Å². The van der Waals surface area contributed by atoms with Gasteiger partial charge in [-0.1, -0.05) is 0 Å². The maximum Gasteiger partial charge on any atom is 0.228 e. The molecule has 1 amide bonds. The van der Waals surface area contributed by atoms with Crippen LogP contribution in [0, 0.1) is 23.2 Å². The smallest absolute Gasteiger partial charge is 0.228 e. The fourth-order valence-corrected chi connectivity index (χ4v) is 7.16. The zero-order chi connectivity index (χ0) is 17.1. The SMILES string of the molecule is CN(C1CCN(C(=O)C23CC4CC(CC(C4)C2)C3)CC1)S(C)(=O)=O. The highest BCUT2D eigenvalue weighted by molar-refractivity contribution is 7.88. The van der Waals surface area contributed by atoms with Crippen molar-refractivity contribution in [3.63, 3.8) is 0 Å². The zero-order valence-electron chi connectivity index (χ0n) is 14.9. The van der Waals surface area contributed by atoms with E-state index in [4.69, 9.17) is 0 Å². The van der Waals surface area contributed by atoms with Gasteiger partial charge in [0, 0.05) is 26.2 Å². The van der Waals surface area contributed by atoms with Gasteiger partial charge in [0.2, 0.25) is 15.9 Å². The van der Waals surface area contributed by atoms with Crippen LogP contribution in [0.15, 0.2) is 0 Å². The molecule has 4 bridgehead atoms. The Balaban J connectivity index is 1.42. The summed E-state index contributed by atoms with van der Waals surface area (Å²) in [7, 11) is -1.48. The van der Waals surface area contributed by atoms with Gasteiger partial charge < -0.3 is 4.90 Å². The third-order valence-electron chi connectivity index (χ3n) is 7.28. The lowest BCUT2D eigenvalue weighted by molar-refractivity contribution is -0.159. The molecule has 136 valence electrons. The van der Waals surface area contributed by atoms with Gasteiger partial charge in [-0.15, -0.1) is 0 Å². The Morgan fingerprint density at radius 1 is 1.00 bits per heavy atom. The highest BCUT2D eigenvalue weighted by Gasteiger charge is 2.55. The highest BCUT2D eigenvalue weighted by atomic mass is 32.2. The summed E-state index contributed by atoms with van der Waals surface area (Å²) in [5.41, 5.74) is -0.0652. The second kappa shape index (κ2) is 5.70. The van der Waals surface area contributed by atoms with Crippen molar-refractivity contribution < 1.29 is 13.2 Å². The van der Waals surface area contributed by atoms with Crippen LogP contribution in [0.25, 0.3) is 0 Å². The molecule has 0 aromatic carbocycles. The first-order valence-corrected chi connectivity index (χ1v) is 11.3. The van der Waals surface area contributed by atoms with Crippen LogP contribution in [0.5, 0.6) is 0 Å². The summed E-state index contributed by atoms with van der Waals surface area (Å²) in [6.07, 6.45) is 10.2. The van der Waals surface area contributed by atoms with Gasteiger partial charge >= 0.3 is 0 Å². The van der Waals surface area contributed by atoms with Gasteiger partial charge in [-0.2, -0.15) is 0 Å². The number of carbonyl (C=O) groups is 1. The molecule has 0 atom stereocenters. The van der Waals surface area contributed by atoms with Gasteiger partial charge in [-0.3, -0.25) is 4.79 Å². The average molecular weight is 355 g/mol. The maximum atomic E-state index is 13.3. The van der Waals surface area contributed by atoms with Crippen LogP contribution in [-0.2, 0) is 14.8 Å². The first kappa shape index (κ1) is 16.8. The Morgan fingerprint density at radius 3 is 1.88 bits per heavy atom. The minimum atomic E-state index is -3.15. The number of amides is 1. The molecule has 0 unspecified atom stereocenters. The Bertz CT molecular complexity index is 587. The lowest BCUT2D eigenvalue weighted by Crippen LogP contribution is -2.56. The molecular weight excluding hydrogens is 324 g/mol. The monoisotopic (exact) mass is 354 g/mol. The van der Waals surface area contributed by atoms with Gasteiger partial charge in [0.25, 0.3) is 0 Å². The predicted molar refractivity (Wildman–Crippen MR) is 92.8 cm³/mol. The third-order valence-corrected chi connectivity index (χ3v) is 8.63. The lowest BCUT2D eigenvalue weighted by Gasteiger charge is -2.57. The minimum absolute atomic E-state index is 0.0420. The Hall–Kier alpha value is -0.620. The van der Waals surface area contributed by atoms with Crippen LogP contribution >= 0.6 is 0 Å². The van der Waals surface area contributed by atoms with Crippen LogP contribution in [0.2, 0.25) is 0 Å². The van der Waals surface area contributed by atoms with E-state index in [0.717, 1.165) is 49.9 Å². The van der Waals surface area contributed by atoms with Crippen molar-refractivity contribution in [3.05, 3.63) is 0 Å². The Kier molecular flexibility index (Phi) is 3.99. The summed E-state index contributed by atoms with van der Waals surface area (Å²) >= 11 is 0. The van der Waals surface area contributed by atoms with Gasteiger partial charge in [0.1, 0.15) is 0 Å². The molecule has 4 aliphatic carbocycles. The Labute approximate surface area is 145 Å². The lowest BCUT2D eigenvalue weighted by atomic mass is 9.49. The fraction of sp³-hybridized carbons (Fsp3) is 0.944. The minimum Gasteiger partial charge on any atom is -0.342 e. The van der Waals surface area contributed by atoms with E-state index in [2.05, 4.69) is 4.90 Å². The molecule has 5 aliphatic rings. The highest BCUT2D eigenvalue weighted by Crippen LogP contribution is 2.60. The molecule has 0 aromatic rings. The average Bonchev–Trinajstić information content (AvgIpc) is 2.51. The van der Waals surface area contributed by atoms with E-state index in [1.165, 1.54) is 29.8 Å². The normalized spacial score (nSPS) is 39.6. The van der Waals surface area contributed by atoms with Crippen molar-refractivity contribution >= 4 is 15.9 Å². The van der Waals surface area contributed by atoms with E-state index in [1.807, 2.05) is 0 Å².